The van der Waals surface area contributed by atoms with Gasteiger partial charge in [-0.05, 0) is 28.6 Å². The van der Waals surface area contributed by atoms with Crippen molar-refractivity contribution in [2.45, 2.75) is 17.5 Å². The van der Waals surface area contributed by atoms with Gasteiger partial charge in [0.05, 0.1) is 17.2 Å². The zero-order valence-electron chi connectivity index (χ0n) is 13.7. The first kappa shape index (κ1) is 17.4. The van der Waals surface area contributed by atoms with Crippen LogP contribution in [0.3, 0.4) is 0 Å². The molecular formula is C16H12FN5O4S. The van der Waals surface area contributed by atoms with Gasteiger partial charge in [0.15, 0.2) is 6.79 Å². The summed E-state index contributed by atoms with van der Waals surface area (Å²) < 4.78 is 25.6. The van der Waals surface area contributed by atoms with Crippen molar-refractivity contribution >= 4 is 17.4 Å². The van der Waals surface area contributed by atoms with Crippen LogP contribution < -0.4 is 4.74 Å². The summed E-state index contributed by atoms with van der Waals surface area (Å²) in [7, 11) is 0. The highest BCUT2D eigenvalue weighted by Gasteiger charge is 2.22. The van der Waals surface area contributed by atoms with E-state index in [2.05, 4.69) is 15.5 Å². The molecule has 2 heterocycles. The number of halogens is 1. The second-order valence-corrected chi connectivity index (χ2v) is 6.55. The molecule has 0 spiro atoms. The Kier molecular flexibility index (Phi) is 4.69. The highest BCUT2D eigenvalue weighted by Crippen LogP contribution is 2.36. The van der Waals surface area contributed by atoms with Crippen LogP contribution in [0.15, 0.2) is 41.6 Å². The number of nitrogens with zero attached hydrogens (tertiary/aromatic N) is 5. The van der Waals surface area contributed by atoms with Gasteiger partial charge in [-0.3, -0.25) is 10.1 Å². The average molecular weight is 389 g/mol. The normalized spacial score (nSPS) is 13.1. The highest BCUT2D eigenvalue weighted by molar-refractivity contribution is 7.98. The van der Waals surface area contributed by atoms with Gasteiger partial charge in [-0.25, -0.2) is 4.39 Å². The zero-order valence-corrected chi connectivity index (χ0v) is 14.6. The Bertz CT molecular complexity index is 1010. The second-order valence-electron chi connectivity index (χ2n) is 5.60. The SMILES string of the molecule is O=[N+]([O-])c1cc2c(c(CSc3nnnn3-c3cccc(F)c3)c1)OCOC2. The number of fused-ring (bicyclic) bond motifs is 1. The summed E-state index contributed by atoms with van der Waals surface area (Å²) in [6.07, 6.45) is 0. The predicted octanol–water partition coefficient (Wildman–Crippen LogP) is 2.87. The van der Waals surface area contributed by atoms with E-state index in [1.165, 1.54) is 40.7 Å². The Balaban J connectivity index is 1.62. The molecule has 1 aromatic heterocycles. The number of rotatable bonds is 5. The lowest BCUT2D eigenvalue weighted by Crippen LogP contribution is -2.13. The summed E-state index contributed by atoms with van der Waals surface area (Å²) in [5, 5.41) is 23.1. The quantitative estimate of drug-likeness (QED) is 0.373. The van der Waals surface area contributed by atoms with E-state index in [0.29, 0.717) is 33.5 Å². The Hall–Kier alpha value is -3.05. The molecule has 0 amide bonds. The summed E-state index contributed by atoms with van der Waals surface area (Å²) >= 11 is 1.26. The third-order valence-electron chi connectivity index (χ3n) is 3.83. The molecule has 0 atom stereocenters. The lowest BCUT2D eigenvalue weighted by atomic mass is 10.1. The maximum absolute atomic E-state index is 13.5. The summed E-state index contributed by atoms with van der Waals surface area (Å²) in [5.41, 5.74) is 1.70. The average Bonchev–Trinajstić information content (AvgIpc) is 3.14. The molecule has 3 aromatic rings. The Labute approximate surface area is 156 Å². The molecule has 9 nitrogen and oxygen atoms in total. The van der Waals surface area contributed by atoms with Crippen molar-refractivity contribution in [2.75, 3.05) is 6.79 Å². The maximum Gasteiger partial charge on any atom is 0.270 e. The Morgan fingerprint density at radius 1 is 1.33 bits per heavy atom. The van der Waals surface area contributed by atoms with E-state index in [4.69, 9.17) is 9.47 Å². The third-order valence-corrected chi connectivity index (χ3v) is 4.80. The van der Waals surface area contributed by atoms with Gasteiger partial charge in [0.25, 0.3) is 5.69 Å². The number of ether oxygens (including phenoxy) is 2. The van der Waals surface area contributed by atoms with E-state index < -0.39 is 10.7 Å². The molecule has 138 valence electrons. The highest BCUT2D eigenvalue weighted by atomic mass is 32.2. The molecule has 0 saturated heterocycles. The molecule has 11 heteroatoms. The summed E-state index contributed by atoms with van der Waals surface area (Å²) in [5.74, 6) is 0.504. The minimum absolute atomic E-state index is 0.0387. The molecule has 0 N–H and O–H groups in total. The smallest absolute Gasteiger partial charge is 0.270 e. The lowest BCUT2D eigenvalue weighted by molar-refractivity contribution is -0.385. The lowest BCUT2D eigenvalue weighted by Gasteiger charge is -2.20. The molecule has 1 aliphatic heterocycles. The van der Waals surface area contributed by atoms with Gasteiger partial charge in [0.1, 0.15) is 11.6 Å². The van der Waals surface area contributed by atoms with Crippen molar-refractivity contribution in [1.82, 2.24) is 20.2 Å². The fourth-order valence-corrected chi connectivity index (χ4v) is 3.53. The monoisotopic (exact) mass is 389 g/mol. The van der Waals surface area contributed by atoms with Crippen molar-refractivity contribution in [1.29, 1.82) is 0 Å². The Morgan fingerprint density at radius 2 is 2.22 bits per heavy atom. The van der Waals surface area contributed by atoms with Crippen LogP contribution in [0.25, 0.3) is 5.69 Å². The van der Waals surface area contributed by atoms with Gasteiger partial charge in [0, 0.05) is 29.0 Å². The molecular weight excluding hydrogens is 377 g/mol. The van der Waals surface area contributed by atoms with Crippen molar-refractivity contribution in [3.8, 4) is 11.4 Å². The number of hydrogen-bond acceptors (Lipinski definition) is 8. The predicted molar refractivity (Wildman–Crippen MR) is 92.1 cm³/mol. The first-order valence-corrected chi connectivity index (χ1v) is 8.78. The van der Waals surface area contributed by atoms with E-state index in [1.807, 2.05) is 0 Å². The fraction of sp³-hybridized carbons (Fsp3) is 0.188. The van der Waals surface area contributed by atoms with Crippen molar-refractivity contribution in [3.63, 3.8) is 0 Å². The molecule has 0 fully saturated rings. The first-order chi connectivity index (χ1) is 13.1. The van der Waals surface area contributed by atoms with Crippen LogP contribution in [0.4, 0.5) is 10.1 Å². The summed E-state index contributed by atoms with van der Waals surface area (Å²) in [6, 6.07) is 8.79. The van der Waals surface area contributed by atoms with Crippen LogP contribution in [0.5, 0.6) is 5.75 Å². The molecule has 0 aliphatic carbocycles. The van der Waals surface area contributed by atoms with Crippen LogP contribution in [0.2, 0.25) is 0 Å². The van der Waals surface area contributed by atoms with Crippen molar-refractivity contribution in [2.24, 2.45) is 0 Å². The van der Waals surface area contributed by atoms with Crippen LogP contribution in [-0.2, 0) is 17.1 Å². The molecule has 27 heavy (non-hydrogen) atoms. The molecule has 0 radical (unpaired) electrons. The second kappa shape index (κ2) is 7.29. The molecule has 4 rings (SSSR count). The number of hydrogen-bond donors (Lipinski definition) is 0. The van der Waals surface area contributed by atoms with E-state index >= 15 is 0 Å². The largest absolute Gasteiger partial charge is 0.467 e. The standard InChI is InChI=1S/C16H12FN5O4S/c17-12-2-1-3-13(6-12)21-16(18-19-20-21)27-8-11-5-14(22(23)24)4-10-7-25-9-26-15(10)11/h1-6H,7-9H2. The van der Waals surface area contributed by atoms with Crippen LogP contribution in [-0.4, -0.2) is 31.9 Å². The maximum atomic E-state index is 13.5. The van der Waals surface area contributed by atoms with Gasteiger partial charge in [-0.15, -0.1) is 5.10 Å². The summed E-state index contributed by atoms with van der Waals surface area (Å²) in [6.45, 7) is 0.333. The van der Waals surface area contributed by atoms with E-state index in [-0.39, 0.29) is 19.1 Å². The molecule has 0 saturated carbocycles. The van der Waals surface area contributed by atoms with Crippen LogP contribution in [0, 0.1) is 15.9 Å². The molecule has 2 aromatic carbocycles. The van der Waals surface area contributed by atoms with Gasteiger partial charge in [-0.1, -0.05) is 17.8 Å². The van der Waals surface area contributed by atoms with E-state index in [1.54, 1.807) is 12.1 Å². The van der Waals surface area contributed by atoms with Gasteiger partial charge in [0.2, 0.25) is 5.16 Å². The van der Waals surface area contributed by atoms with Crippen LogP contribution >= 0.6 is 11.8 Å². The van der Waals surface area contributed by atoms with Crippen molar-refractivity contribution < 1.29 is 18.8 Å². The Morgan fingerprint density at radius 3 is 3.04 bits per heavy atom. The number of tetrazole rings is 1. The number of nitro benzene ring substituents is 1. The molecule has 0 unspecified atom stereocenters. The number of nitro groups is 1. The number of thioether (sulfide) groups is 1. The van der Waals surface area contributed by atoms with Gasteiger partial charge >= 0.3 is 0 Å². The number of non-ortho nitro benzene ring substituents is 1. The van der Waals surface area contributed by atoms with E-state index in [9.17, 15) is 14.5 Å². The molecule has 0 bridgehead atoms. The van der Waals surface area contributed by atoms with Gasteiger partial charge in [-0.2, -0.15) is 4.68 Å². The fourth-order valence-electron chi connectivity index (χ4n) is 2.67. The molecule has 1 aliphatic rings. The van der Waals surface area contributed by atoms with E-state index in [0.717, 1.165) is 0 Å². The summed E-state index contributed by atoms with van der Waals surface area (Å²) in [4.78, 5) is 10.7. The number of aromatic nitrogens is 4. The van der Waals surface area contributed by atoms with Crippen molar-refractivity contribution in [3.05, 3.63) is 63.5 Å². The minimum Gasteiger partial charge on any atom is -0.467 e. The third kappa shape index (κ3) is 3.59. The first-order valence-electron chi connectivity index (χ1n) is 7.79. The topological polar surface area (TPSA) is 105 Å². The number of benzene rings is 2. The zero-order chi connectivity index (χ0) is 18.8. The minimum atomic E-state index is -0.458. The van der Waals surface area contributed by atoms with Crippen LogP contribution in [0.1, 0.15) is 11.1 Å². The van der Waals surface area contributed by atoms with Gasteiger partial charge < -0.3 is 9.47 Å².